The lowest BCUT2D eigenvalue weighted by Crippen LogP contribution is -2.22. The molecule has 3 aromatic carbocycles. The molecule has 0 aliphatic heterocycles. The van der Waals surface area contributed by atoms with Gasteiger partial charge in [-0.2, -0.15) is 9.78 Å². The number of hydrogen-bond donors (Lipinski definition) is 0. The number of benzene rings is 3. The predicted octanol–water partition coefficient (Wildman–Crippen LogP) is 7.00. The van der Waals surface area contributed by atoms with Crippen LogP contribution in [0.3, 0.4) is 0 Å². The predicted molar refractivity (Wildman–Crippen MR) is 164 cm³/mol. The van der Waals surface area contributed by atoms with Crippen LogP contribution in [0.4, 0.5) is 5.69 Å². The van der Waals surface area contributed by atoms with Gasteiger partial charge in [0.2, 0.25) is 0 Å². The largest absolute Gasteiger partial charge is 0.490 e. The lowest BCUT2D eigenvalue weighted by atomic mass is 10.1. The summed E-state index contributed by atoms with van der Waals surface area (Å²) >= 11 is 3.44. The van der Waals surface area contributed by atoms with Crippen LogP contribution in [-0.2, 0) is 19.4 Å². The van der Waals surface area contributed by atoms with Crippen molar-refractivity contribution in [3.63, 3.8) is 0 Å². The van der Waals surface area contributed by atoms with Gasteiger partial charge in [0.25, 0.3) is 11.2 Å². The fraction of sp³-hybridized carbons (Fsp3) is 0.258. The van der Waals surface area contributed by atoms with Crippen molar-refractivity contribution in [2.24, 2.45) is 5.10 Å². The molecule has 0 saturated carbocycles. The highest BCUT2D eigenvalue weighted by molar-refractivity contribution is 9.10. The normalized spacial score (nSPS) is 11.2. The molecule has 0 aliphatic rings. The SMILES string of the molecule is C=CCc1cc(C=Nn2c(CCCC)nc3ccc(Br)cc3c2=O)cc(OCC)c1OCc1cccc([N+](=O)[O-])c1. The number of allylic oxidation sites excluding steroid dienone is 1. The van der Waals surface area contributed by atoms with E-state index in [4.69, 9.17) is 14.5 Å². The molecule has 212 valence electrons. The van der Waals surface area contributed by atoms with Crippen LogP contribution in [0, 0.1) is 10.1 Å². The molecule has 0 spiro atoms. The Kier molecular flexibility index (Phi) is 10.0. The summed E-state index contributed by atoms with van der Waals surface area (Å²) in [5.41, 5.74) is 2.55. The first kappa shape index (κ1) is 29.7. The highest BCUT2D eigenvalue weighted by Crippen LogP contribution is 2.34. The maximum absolute atomic E-state index is 13.5. The van der Waals surface area contributed by atoms with E-state index in [1.165, 1.54) is 16.8 Å². The fourth-order valence-corrected chi connectivity index (χ4v) is 4.70. The summed E-state index contributed by atoms with van der Waals surface area (Å²) in [6, 6.07) is 15.5. The molecule has 9 nitrogen and oxygen atoms in total. The maximum atomic E-state index is 13.5. The number of nitro groups is 1. The van der Waals surface area contributed by atoms with Gasteiger partial charge in [0.1, 0.15) is 12.4 Å². The second kappa shape index (κ2) is 13.8. The molecule has 1 aromatic heterocycles. The summed E-state index contributed by atoms with van der Waals surface area (Å²) in [6.45, 7) is 8.34. The number of nitro benzene ring substituents is 1. The van der Waals surface area contributed by atoms with E-state index in [2.05, 4.69) is 34.5 Å². The lowest BCUT2D eigenvalue weighted by Gasteiger charge is -2.17. The third-order valence-corrected chi connectivity index (χ3v) is 6.77. The van der Waals surface area contributed by atoms with Gasteiger partial charge >= 0.3 is 0 Å². The van der Waals surface area contributed by atoms with Gasteiger partial charge in [-0.05, 0) is 61.2 Å². The van der Waals surface area contributed by atoms with Crippen molar-refractivity contribution < 1.29 is 14.4 Å². The first-order valence-corrected chi connectivity index (χ1v) is 14.2. The summed E-state index contributed by atoms with van der Waals surface area (Å²) in [5.74, 6) is 1.61. The van der Waals surface area contributed by atoms with Crippen molar-refractivity contribution in [2.75, 3.05) is 6.61 Å². The number of non-ortho nitro benzene ring substituents is 1. The van der Waals surface area contributed by atoms with E-state index in [-0.39, 0.29) is 17.9 Å². The number of aromatic nitrogens is 2. The molecule has 0 radical (unpaired) electrons. The van der Waals surface area contributed by atoms with Crippen molar-refractivity contribution in [3.8, 4) is 11.5 Å². The Bertz CT molecular complexity index is 1660. The first-order valence-electron chi connectivity index (χ1n) is 13.4. The van der Waals surface area contributed by atoms with Crippen molar-refractivity contribution >= 4 is 38.7 Å². The molecular formula is C31H31BrN4O5. The Hall–Kier alpha value is -4.31. The molecule has 41 heavy (non-hydrogen) atoms. The Balaban J connectivity index is 1.73. The van der Waals surface area contributed by atoms with Crippen molar-refractivity contribution in [3.05, 3.63) is 115 Å². The number of halogens is 1. The third kappa shape index (κ3) is 7.26. The fourth-order valence-electron chi connectivity index (χ4n) is 4.34. The highest BCUT2D eigenvalue weighted by atomic mass is 79.9. The van der Waals surface area contributed by atoms with E-state index in [9.17, 15) is 14.9 Å². The molecule has 4 rings (SSSR count). The molecular weight excluding hydrogens is 588 g/mol. The van der Waals surface area contributed by atoms with Crippen LogP contribution in [0.2, 0.25) is 0 Å². The van der Waals surface area contributed by atoms with E-state index < -0.39 is 4.92 Å². The van der Waals surface area contributed by atoms with E-state index in [1.807, 2.05) is 25.1 Å². The van der Waals surface area contributed by atoms with Crippen LogP contribution in [0.5, 0.6) is 11.5 Å². The topological polar surface area (TPSA) is 109 Å². The summed E-state index contributed by atoms with van der Waals surface area (Å²) in [7, 11) is 0. The van der Waals surface area contributed by atoms with E-state index >= 15 is 0 Å². The minimum Gasteiger partial charge on any atom is -0.490 e. The highest BCUT2D eigenvalue weighted by Gasteiger charge is 2.15. The van der Waals surface area contributed by atoms with Gasteiger partial charge in [-0.3, -0.25) is 14.9 Å². The smallest absolute Gasteiger partial charge is 0.282 e. The first-order chi connectivity index (χ1) is 19.8. The monoisotopic (exact) mass is 618 g/mol. The molecule has 0 amide bonds. The van der Waals surface area contributed by atoms with Crippen LogP contribution in [0.25, 0.3) is 10.9 Å². The minimum atomic E-state index is -0.435. The lowest BCUT2D eigenvalue weighted by molar-refractivity contribution is -0.384. The van der Waals surface area contributed by atoms with Crippen molar-refractivity contribution in [1.29, 1.82) is 0 Å². The van der Waals surface area contributed by atoms with Crippen molar-refractivity contribution in [2.45, 2.75) is 46.1 Å². The van der Waals surface area contributed by atoms with Gasteiger partial charge in [0.15, 0.2) is 11.5 Å². The number of fused-ring (bicyclic) bond motifs is 1. The molecule has 0 unspecified atom stereocenters. The van der Waals surface area contributed by atoms with Gasteiger partial charge in [0, 0.05) is 28.6 Å². The summed E-state index contributed by atoms with van der Waals surface area (Å²) in [5, 5.41) is 16.2. The van der Waals surface area contributed by atoms with E-state index in [1.54, 1.807) is 36.6 Å². The molecule has 0 N–H and O–H groups in total. The van der Waals surface area contributed by atoms with Gasteiger partial charge in [-0.15, -0.1) is 6.58 Å². The molecule has 0 aliphatic carbocycles. The van der Waals surface area contributed by atoms with Crippen molar-refractivity contribution in [1.82, 2.24) is 9.66 Å². The van der Waals surface area contributed by atoms with Crippen LogP contribution >= 0.6 is 15.9 Å². The quantitative estimate of drug-likeness (QED) is 0.0690. The molecule has 0 bridgehead atoms. The van der Waals surface area contributed by atoms with Gasteiger partial charge in [0.05, 0.1) is 28.6 Å². The number of ether oxygens (including phenoxy) is 2. The Labute approximate surface area is 246 Å². The van der Waals surface area contributed by atoms with E-state index in [0.29, 0.717) is 58.8 Å². The molecule has 0 fully saturated rings. The van der Waals surface area contributed by atoms with Crippen LogP contribution < -0.4 is 15.0 Å². The number of rotatable bonds is 13. The van der Waals surface area contributed by atoms with Gasteiger partial charge in [-0.25, -0.2) is 4.98 Å². The van der Waals surface area contributed by atoms with Crippen LogP contribution in [0.15, 0.2) is 81.6 Å². The summed E-state index contributed by atoms with van der Waals surface area (Å²) < 4.78 is 14.2. The van der Waals surface area contributed by atoms with Gasteiger partial charge < -0.3 is 9.47 Å². The summed E-state index contributed by atoms with van der Waals surface area (Å²) in [6.07, 6.45) is 6.30. The number of hydrogen-bond acceptors (Lipinski definition) is 7. The zero-order valence-corrected chi connectivity index (χ0v) is 24.6. The molecule has 0 atom stereocenters. The molecule has 10 heteroatoms. The number of unbranched alkanes of at least 4 members (excludes halogenated alkanes) is 1. The minimum absolute atomic E-state index is 0.00177. The van der Waals surface area contributed by atoms with Crippen LogP contribution in [0.1, 0.15) is 49.2 Å². The number of aryl methyl sites for hydroxylation is 1. The second-order valence-corrected chi connectivity index (χ2v) is 10.2. The average Bonchev–Trinajstić information content (AvgIpc) is 2.96. The zero-order valence-electron chi connectivity index (χ0n) is 23.0. The average molecular weight is 620 g/mol. The van der Waals surface area contributed by atoms with E-state index in [0.717, 1.165) is 22.9 Å². The number of nitrogens with zero attached hydrogens (tertiary/aromatic N) is 4. The Morgan fingerprint density at radius 1 is 1.15 bits per heavy atom. The Morgan fingerprint density at radius 3 is 2.71 bits per heavy atom. The standard InChI is InChI=1S/C31H31BrN4O5/c1-4-7-12-29-34-27-14-13-24(32)18-26(27)31(37)35(29)33-19-22-15-23(9-5-2)30(28(17-22)40-6-3)41-20-21-10-8-11-25(16-21)36(38)39/h5,8,10-11,13-19H,2,4,6-7,9,12,20H2,1,3H3. The third-order valence-electron chi connectivity index (χ3n) is 6.27. The maximum Gasteiger partial charge on any atom is 0.282 e. The molecule has 4 aromatic rings. The Morgan fingerprint density at radius 2 is 1.98 bits per heavy atom. The van der Waals surface area contributed by atoms with Crippen LogP contribution in [-0.4, -0.2) is 27.4 Å². The zero-order chi connectivity index (χ0) is 29.4. The molecule has 1 heterocycles. The summed E-state index contributed by atoms with van der Waals surface area (Å²) in [4.78, 5) is 28.9. The second-order valence-electron chi connectivity index (χ2n) is 9.30. The molecule has 0 saturated heterocycles. The van der Waals surface area contributed by atoms with Gasteiger partial charge in [-0.1, -0.05) is 47.5 Å².